The van der Waals surface area contributed by atoms with Gasteiger partial charge in [-0.3, -0.25) is 4.79 Å². The van der Waals surface area contributed by atoms with Crippen LogP contribution in [0.3, 0.4) is 0 Å². The molecule has 2 aromatic carbocycles. The number of ether oxygens (including phenoxy) is 2. The summed E-state index contributed by atoms with van der Waals surface area (Å²) < 4.78 is 11.6. The Bertz CT molecular complexity index is 734. The van der Waals surface area contributed by atoms with Crippen molar-refractivity contribution in [1.29, 1.82) is 0 Å². The highest BCUT2D eigenvalue weighted by atomic mass is 16.5. The van der Waals surface area contributed by atoms with E-state index in [4.69, 9.17) is 9.47 Å². The molecule has 1 N–H and O–H groups in total. The summed E-state index contributed by atoms with van der Waals surface area (Å²) in [5.41, 5.74) is 2.26. The number of amides is 1. The van der Waals surface area contributed by atoms with Gasteiger partial charge in [-0.1, -0.05) is 51.1 Å². The maximum Gasteiger partial charge on any atom is 0.260 e. The first-order valence-electron chi connectivity index (χ1n) is 9.01. The molecule has 0 bridgehead atoms. The largest absolute Gasteiger partial charge is 0.491 e. The van der Waals surface area contributed by atoms with E-state index in [1.807, 2.05) is 49.4 Å². The van der Waals surface area contributed by atoms with Crippen molar-refractivity contribution in [3.8, 4) is 11.5 Å². The topological polar surface area (TPSA) is 47.6 Å². The standard InChI is InChI=1S/C22H29NO3/c1-16-9-8-10-18(15-16)26-17(2)21(24)23-13-14-25-20-12-7-6-11-19(20)22(3,4)5/h6-12,15,17H,13-14H2,1-5H3,(H,23,24)/t17-/m1/s1. The molecular weight excluding hydrogens is 326 g/mol. The third-order valence-corrected chi connectivity index (χ3v) is 4.03. The second-order valence-corrected chi connectivity index (χ2v) is 7.46. The third kappa shape index (κ3) is 5.80. The van der Waals surface area contributed by atoms with Crippen LogP contribution in [0.4, 0.5) is 0 Å². The maximum absolute atomic E-state index is 12.2. The van der Waals surface area contributed by atoms with Crippen LogP contribution in [0.15, 0.2) is 48.5 Å². The SMILES string of the molecule is Cc1cccc(O[C@H](C)C(=O)NCCOc2ccccc2C(C)(C)C)c1. The molecule has 0 heterocycles. The molecule has 140 valence electrons. The minimum absolute atomic E-state index is 0.00993. The van der Waals surface area contributed by atoms with Crippen molar-refractivity contribution in [2.24, 2.45) is 0 Å². The van der Waals surface area contributed by atoms with Crippen molar-refractivity contribution in [1.82, 2.24) is 5.32 Å². The van der Waals surface area contributed by atoms with Crippen molar-refractivity contribution in [2.75, 3.05) is 13.2 Å². The lowest BCUT2D eigenvalue weighted by Crippen LogP contribution is -2.38. The van der Waals surface area contributed by atoms with Gasteiger partial charge in [0.1, 0.15) is 18.1 Å². The van der Waals surface area contributed by atoms with Crippen LogP contribution in [0.2, 0.25) is 0 Å². The highest BCUT2D eigenvalue weighted by Gasteiger charge is 2.18. The smallest absolute Gasteiger partial charge is 0.260 e. The van der Waals surface area contributed by atoms with Gasteiger partial charge in [-0.15, -0.1) is 0 Å². The molecule has 1 amide bonds. The molecule has 0 saturated heterocycles. The van der Waals surface area contributed by atoms with Crippen molar-refractivity contribution in [2.45, 2.75) is 46.1 Å². The van der Waals surface area contributed by atoms with Crippen molar-refractivity contribution >= 4 is 5.91 Å². The normalized spacial score (nSPS) is 12.3. The summed E-state index contributed by atoms with van der Waals surface area (Å²) in [6.45, 7) is 11.0. The average Bonchev–Trinajstić information content (AvgIpc) is 2.58. The summed E-state index contributed by atoms with van der Waals surface area (Å²) in [6.07, 6.45) is -0.557. The minimum atomic E-state index is -0.557. The van der Waals surface area contributed by atoms with E-state index in [1.54, 1.807) is 6.92 Å². The van der Waals surface area contributed by atoms with Crippen LogP contribution < -0.4 is 14.8 Å². The van der Waals surface area contributed by atoms with Gasteiger partial charge < -0.3 is 14.8 Å². The highest BCUT2D eigenvalue weighted by molar-refractivity contribution is 5.80. The zero-order chi connectivity index (χ0) is 19.2. The van der Waals surface area contributed by atoms with E-state index in [-0.39, 0.29) is 11.3 Å². The third-order valence-electron chi connectivity index (χ3n) is 4.03. The molecule has 0 aliphatic rings. The highest BCUT2D eigenvalue weighted by Crippen LogP contribution is 2.30. The monoisotopic (exact) mass is 355 g/mol. The molecule has 0 aliphatic heterocycles. The predicted octanol–water partition coefficient (Wildman–Crippen LogP) is 4.26. The Kier molecular flexibility index (Phi) is 6.67. The molecule has 0 aromatic heterocycles. The van der Waals surface area contributed by atoms with E-state index in [2.05, 4.69) is 32.2 Å². The Labute approximate surface area is 156 Å². The van der Waals surface area contributed by atoms with Gasteiger partial charge in [0.05, 0.1) is 6.54 Å². The Morgan fingerprint density at radius 2 is 1.85 bits per heavy atom. The maximum atomic E-state index is 12.2. The Hall–Kier alpha value is -2.49. The van der Waals surface area contributed by atoms with Gasteiger partial charge in [-0.2, -0.15) is 0 Å². The van der Waals surface area contributed by atoms with Crippen LogP contribution in [-0.2, 0) is 10.2 Å². The van der Waals surface area contributed by atoms with Gasteiger partial charge in [-0.05, 0) is 48.6 Å². The van der Waals surface area contributed by atoms with Gasteiger partial charge in [0.25, 0.3) is 5.91 Å². The second kappa shape index (κ2) is 8.75. The van der Waals surface area contributed by atoms with Crippen LogP contribution in [0.25, 0.3) is 0 Å². The second-order valence-electron chi connectivity index (χ2n) is 7.46. The van der Waals surface area contributed by atoms with Gasteiger partial charge >= 0.3 is 0 Å². The molecule has 0 radical (unpaired) electrons. The minimum Gasteiger partial charge on any atom is -0.491 e. The summed E-state index contributed by atoms with van der Waals surface area (Å²) in [6, 6.07) is 15.7. The van der Waals surface area contributed by atoms with Gasteiger partial charge in [-0.25, -0.2) is 0 Å². The average molecular weight is 355 g/mol. The van der Waals surface area contributed by atoms with E-state index >= 15 is 0 Å². The van der Waals surface area contributed by atoms with Gasteiger partial charge in [0.15, 0.2) is 6.10 Å². The van der Waals surface area contributed by atoms with Crippen molar-refractivity contribution in [3.63, 3.8) is 0 Å². The first-order valence-corrected chi connectivity index (χ1v) is 9.01. The number of para-hydroxylation sites is 1. The first-order chi connectivity index (χ1) is 12.3. The summed E-state index contributed by atoms with van der Waals surface area (Å²) in [4.78, 5) is 12.2. The lowest BCUT2D eigenvalue weighted by atomic mass is 9.86. The first kappa shape index (κ1) is 19.8. The Balaban J connectivity index is 1.80. The number of carbonyl (C=O) groups excluding carboxylic acids is 1. The molecule has 1 atom stereocenters. The molecule has 0 spiro atoms. The quantitative estimate of drug-likeness (QED) is 0.755. The molecule has 0 unspecified atom stereocenters. The number of benzene rings is 2. The summed E-state index contributed by atoms with van der Waals surface area (Å²) >= 11 is 0. The molecule has 0 aliphatic carbocycles. The lowest BCUT2D eigenvalue weighted by Gasteiger charge is -2.22. The van der Waals surface area contributed by atoms with Gasteiger partial charge in [0, 0.05) is 0 Å². The van der Waals surface area contributed by atoms with E-state index in [0.717, 1.165) is 16.9 Å². The van der Waals surface area contributed by atoms with Crippen molar-refractivity contribution in [3.05, 3.63) is 59.7 Å². The van der Waals surface area contributed by atoms with E-state index < -0.39 is 6.10 Å². The predicted molar refractivity (Wildman–Crippen MR) is 105 cm³/mol. The number of hydrogen-bond acceptors (Lipinski definition) is 3. The van der Waals surface area contributed by atoms with Crippen molar-refractivity contribution < 1.29 is 14.3 Å². The summed E-state index contributed by atoms with van der Waals surface area (Å²) in [5.74, 6) is 1.40. The van der Waals surface area contributed by atoms with E-state index in [9.17, 15) is 4.79 Å². The fraction of sp³-hybridized carbons (Fsp3) is 0.409. The molecule has 0 saturated carbocycles. The molecule has 4 heteroatoms. The van der Waals surface area contributed by atoms with Crippen LogP contribution in [0.1, 0.15) is 38.8 Å². The van der Waals surface area contributed by atoms with Gasteiger partial charge in [0.2, 0.25) is 0 Å². The molecule has 0 fully saturated rings. The zero-order valence-corrected chi connectivity index (χ0v) is 16.3. The molecule has 2 aromatic rings. The number of nitrogens with one attached hydrogen (secondary N) is 1. The molecule has 2 rings (SSSR count). The fourth-order valence-electron chi connectivity index (χ4n) is 2.64. The van der Waals surface area contributed by atoms with Crippen LogP contribution in [0, 0.1) is 6.92 Å². The summed E-state index contributed by atoms with van der Waals surface area (Å²) in [5, 5.41) is 2.86. The van der Waals surface area contributed by atoms with Crippen LogP contribution in [-0.4, -0.2) is 25.2 Å². The fourth-order valence-corrected chi connectivity index (χ4v) is 2.64. The lowest BCUT2D eigenvalue weighted by molar-refractivity contribution is -0.127. The number of rotatable bonds is 7. The van der Waals surface area contributed by atoms with E-state index in [1.165, 1.54) is 0 Å². The molecule has 4 nitrogen and oxygen atoms in total. The summed E-state index contributed by atoms with van der Waals surface area (Å²) in [7, 11) is 0. The zero-order valence-electron chi connectivity index (χ0n) is 16.3. The Morgan fingerprint density at radius 1 is 1.12 bits per heavy atom. The van der Waals surface area contributed by atoms with Crippen LogP contribution >= 0.6 is 0 Å². The number of carbonyl (C=O) groups is 1. The number of aryl methyl sites for hydroxylation is 1. The molecular formula is C22H29NO3. The Morgan fingerprint density at radius 3 is 2.54 bits per heavy atom. The molecule has 26 heavy (non-hydrogen) atoms. The van der Waals surface area contributed by atoms with E-state index in [0.29, 0.717) is 18.9 Å². The van der Waals surface area contributed by atoms with Crippen LogP contribution in [0.5, 0.6) is 11.5 Å². The number of hydrogen-bond donors (Lipinski definition) is 1.